The molecule has 0 atom stereocenters. The number of para-hydroxylation sites is 1. The van der Waals surface area contributed by atoms with Crippen LogP contribution in [0.25, 0.3) is 0 Å². The Morgan fingerprint density at radius 3 is 2.47 bits per heavy atom. The van der Waals surface area contributed by atoms with E-state index in [0.717, 1.165) is 0 Å². The molecule has 0 radical (unpaired) electrons. The first-order valence-electron chi connectivity index (χ1n) is 5.30. The SMILES string of the molecule is Nc1cccc(Br)c1OCc1c(F)ccc(Br)c1F. The monoisotopic (exact) mass is 391 g/mol. The van der Waals surface area contributed by atoms with Gasteiger partial charge in [-0.3, -0.25) is 0 Å². The molecule has 0 spiro atoms. The molecule has 0 saturated carbocycles. The Hall–Kier alpha value is -1.14. The summed E-state index contributed by atoms with van der Waals surface area (Å²) in [5, 5.41) is 0. The third-order valence-electron chi connectivity index (χ3n) is 2.50. The van der Waals surface area contributed by atoms with Crippen LogP contribution in [0.3, 0.4) is 0 Å². The Kier molecular flexibility index (Phi) is 4.42. The number of benzene rings is 2. The molecule has 2 aromatic carbocycles. The normalized spacial score (nSPS) is 10.5. The van der Waals surface area contributed by atoms with E-state index in [0.29, 0.717) is 15.9 Å². The minimum atomic E-state index is -0.675. The van der Waals surface area contributed by atoms with E-state index in [1.165, 1.54) is 12.1 Å². The van der Waals surface area contributed by atoms with Gasteiger partial charge in [0.1, 0.15) is 18.2 Å². The van der Waals surface area contributed by atoms with Crippen molar-refractivity contribution >= 4 is 37.5 Å². The van der Waals surface area contributed by atoms with E-state index in [-0.39, 0.29) is 16.6 Å². The molecule has 0 aromatic heterocycles. The number of nitrogens with two attached hydrogens (primary N) is 1. The van der Waals surface area contributed by atoms with Gasteiger partial charge in [-0.25, -0.2) is 8.78 Å². The highest BCUT2D eigenvalue weighted by molar-refractivity contribution is 9.10. The van der Waals surface area contributed by atoms with Gasteiger partial charge in [-0.05, 0) is 56.1 Å². The van der Waals surface area contributed by atoms with Gasteiger partial charge < -0.3 is 10.5 Å². The van der Waals surface area contributed by atoms with Crippen LogP contribution in [0.1, 0.15) is 5.56 Å². The van der Waals surface area contributed by atoms with Gasteiger partial charge in [0, 0.05) is 0 Å². The lowest BCUT2D eigenvalue weighted by Crippen LogP contribution is -2.04. The molecule has 2 aromatic rings. The first kappa shape index (κ1) is 14.3. The van der Waals surface area contributed by atoms with Crippen molar-refractivity contribution in [1.82, 2.24) is 0 Å². The number of nitrogen functional groups attached to an aromatic ring is 1. The molecule has 0 fully saturated rings. The van der Waals surface area contributed by atoms with Crippen LogP contribution in [-0.4, -0.2) is 0 Å². The number of rotatable bonds is 3. The van der Waals surface area contributed by atoms with Crippen molar-refractivity contribution in [2.45, 2.75) is 6.61 Å². The van der Waals surface area contributed by atoms with Crippen molar-refractivity contribution in [2.75, 3.05) is 5.73 Å². The van der Waals surface area contributed by atoms with Crippen LogP contribution in [-0.2, 0) is 6.61 Å². The minimum absolute atomic E-state index is 0.149. The topological polar surface area (TPSA) is 35.2 Å². The summed E-state index contributed by atoms with van der Waals surface area (Å²) in [6.45, 7) is -0.246. The highest BCUT2D eigenvalue weighted by Crippen LogP contribution is 2.32. The fraction of sp³-hybridized carbons (Fsp3) is 0.0769. The summed E-state index contributed by atoms with van der Waals surface area (Å²) in [5.74, 6) is -0.974. The predicted octanol–water partition coefficient (Wildman–Crippen LogP) is 4.65. The lowest BCUT2D eigenvalue weighted by Gasteiger charge is -2.12. The van der Waals surface area contributed by atoms with Gasteiger partial charge in [-0.15, -0.1) is 0 Å². The van der Waals surface area contributed by atoms with E-state index in [1.807, 2.05) is 0 Å². The summed E-state index contributed by atoms with van der Waals surface area (Å²) in [6.07, 6.45) is 0. The molecule has 0 amide bonds. The smallest absolute Gasteiger partial charge is 0.156 e. The molecule has 6 heteroatoms. The summed E-state index contributed by atoms with van der Waals surface area (Å²) < 4.78 is 33.5. The average molecular weight is 393 g/mol. The number of hydrogen-bond donors (Lipinski definition) is 1. The summed E-state index contributed by atoms with van der Waals surface area (Å²) in [4.78, 5) is 0. The number of anilines is 1. The second kappa shape index (κ2) is 5.88. The molecule has 0 aliphatic heterocycles. The second-order valence-corrected chi connectivity index (χ2v) is 5.48. The third kappa shape index (κ3) is 3.06. The molecular formula is C13H9Br2F2NO. The summed E-state index contributed by atoms with van der Waals surface area (Å²) in [7, 11) is 0. The fourth-order valence-electron chi connectivity index (χ4n) is 1.52. The highest BCUT2D eigenvalue weighted by atomic mass is 79.9. The molecule has 0 heterocycles. The van der Waals surface area contributed by atoms with Crippen LogP contribution >= 0.6 is 31.9 Å². The largest absolute Gasteiger partial charge is 0.485 e. The van der Waals surface area contributed by atoms with Crippen LogP contribution in [0.2, 0.25) is 0 Å². The molecule has 2 N–H and O–H groups in total. The maximum Gasteiger partial charge on any atom is 0.156 e. The Bertz CT molecular complexity index is 600. The predicted molar refractivity (Wildman–Crippen MR) is 76.9 cm³/mol. The molecule has 0 aliphatic rings. The van der Waals surface area contributed by atoms with Gasteiger partial charge in [-0.2, -0.15) is 0 Å². The maximum absolute atomic E-state index is 13.8. The van der Waals surface area contributed by atoms with Crippen molar-refractivity contribution in [3.63, 3.8) is 0 Å². The van der Waals surface area contributed by atoms with Crippen molar-refractivity contribution in [1.29, 1.82) is 0 Å². The molecule has 2 nitrogen and oxygen atoms in total. The number of halogens is 4. The number of ether oxygens (including phenoxy) is 1. The average Bonchev–Trinajstić information content (AvgIpc) is 2.37. The molecule has 100 valence electrons. The quantitative estimate of drug-likeness (QED) is 0.609. The fourth-order valence-corrected chi connectivity index (χ4v) is 2.39. The maximum atomic E-state index is 13.8. The van der Waals surface area contributed by atoms with Crippen LogP contribution in [0, 0.1) is 11.6 Å². The summed E-state index contributed by atoms with van der Waals surface area (Å²) >= 11 is 6.27. The summed E-state index contributed by atoms with van der Waals surface area (Å²) in [5.41, 5.74) is 5.98. The van der Waals surface area contributed by atoms with Crippen molar-refractivity contribution in [3.8, 4) is 5.75 Å². The third-order valence-corrected chi connectivity index (χ3v) is 3.73. The van der Waals surface area contributed by atoms with E-state index >= 15 is 0 Å². The molecule has 0 unspecified atom stereocenters. The Balaban J connectivity index is 2.27. The van der Waals surface area contributed by atoms with Gasteiger partial charge in [0.05, 0.1) is 20.2 Å². The van der Waals surface area contributed by atoms with Crippen molar-refractivity contribution in [3.05, 3.63) is 56.5 Å². The van der Waals surface area contributed by atoms with Crippen LogP contribution in [0.4, 0.5) is 14.5 Å². The van der Waals surface area contributed by atoms with Crippen molar-refractivity contribution < 1.29 is 13.5 Å². The van der Waals surface area contributed by atoms with Crippen molar-refractivity contribution in [2.24, 2.45) is 0 Å². The van der Waals surface area contributed by atoms with Crippen LogP contribution in [0.15, 0.2) is 39.3 Å². The Morgan fingerprint density at radius 2 is 1.79 bits per heavy atom. The van der Waals surface area contributed by atoms with Gasteiger partial charge >= 0.3 is 0 Å². The standard InChI is InChI=1S/C13H9Br2F2NO/c14-8-4-5-10(16)7(12(8)17)6-19-13-9(15)2-1-3-11(13)18/h1-5H,6,18H2. The molecule has 0 aliphatic carbocycles. The zero-order chi connectivity index (χ0) is 14.0. The summed E-state index contributed by atoms with van der Waals surface area (Å²) in [6, 6.07) is 7.61. The molecular weight excluding hydrogens is 384 g/mol. The van der Waals surface area contributed by atoms with E-state index < -0.39 is 11.6 Å². The lowest BCUT2D eigenvalue weighted by molar-refractivity contribution is 0.292. The van der Waals surface area contributed by atoms with E-state index in [4.69, 9.17) is 10.5 Å². The lowest BCUT2D eigenvalue weighted by atomic mass is 10.2. The van der Waals surface area contributed by atoms with Gasteiger partial charge in [0.2, 0.25) is 0 Å². The zero-order valence-electron chi connectivity index (χ0n) is 9.59. The van der Waals surface area contributed by atoms with E-state index in [1.54, 1.807) is 18.2 Å². The van der Waals surface area contributed by atoms with Gasteiger partial charge in [0.25, 0.3) is 0 Å². The van der Waals surface area contributed by atoms with Gasteiger partial charge in [0.15, 0.2) is 5.75 Å². The van der Waals surface area contributed by atoms with E-state index in [9.17, 15) is 8.78 Å². The van der Waals surface area contributed by atoms with Crippen LogP contribution in [0.5, 0.6) is 5.75 Å². The first-order valence-corrected chi connectivity index (χ1v) is 6.88. The molecule has 0 bridgehead atoms. The molecule has 19 heavy (non-hydrogen) atoms. The highest BCUT2D eigenvalue weighted by Gasteiger charge is 2.14. The molecule has 0 saturated heterocycles. The van der Waals surface area contributed by atoms with Gasteiger partial charge in [-0.1, -0.05) is 6.07 Å². The van der Waals surface area contributed by atoms with E-state index in [2.05, 4.69) is 31.9 Å². The molecule has 2 rings (SSSR count). The first-order chi connectivity index (χ1) is 9.00. The Labute approximate surface area is 125 Å². The zero-order valence-corrected chi connectivity index (χ0v) is 12.8. The van der Waals surface area contributed by atoms with Crippen LogP contribution < -0.4 is 10.5 Å². The Morgan fingerprint density at radius 1 is 1.05 bits per heavy atom. The minimum Gasteiger partial charge on any atom is -0.485 e. The number of hydrogen-bond acceptors (Lipinski definition) is 2. The second-order valence-electron chi connectivity index (χ2n) is 3.77.